The van der Waals surface area contributed by atoms with Crippen molar-refractivity contribution < 1.29 is 19.5 Å². The number of carbonyl (C=O) groups is 3. The van der Waals surface area contributed by atoms with Gasteiger partial charge in [0.2, 0.25) is 0 Å². The third-order valence-electron chi connectivity index (χ3n) is 3.88. The average Bonchev–Trinajstić information content (AvgIpc) is 3.16. The zero-order chi connectivity index (χ0) is 19.7. The van der Waals surface area contributed by atoms with Crippen LogP contribution in [0.2, 0.25) is 0 Å². The van der Waals surface area contributed by atoms with E-state index in [2.05, 4.69) is 10.6 Å². The Morgan fingerprint density at radius 1 is 1.07 bits per heavy atom. The molecule has 2 heterocycles. The first kappa shape index (κ1) is 18.5. The number of hydrogen-bond acceptors (Lipinski definition) is 4. The van der Waals surface area contributed by atoms with Gasteiger partial charge in [0.25, 0.3) is 11.8 Å². The second kappa shape index (κ2) is 7.12. The molecule has 0 saturated carbocycles. The molecule has 2 aromatic heterocycles. The lowest BCUT2D eigenvalue weighted by atomic mass is 10.2. The zero-order valence-corrected chi connectivity index (χ0v) is 15.8. The van der Waals surface area contributed by atoms with Crippen molar-refractivity contribution in [2.75, 3.05) is 24.7 Å². The molecule has 0 fully saturated rings. The second-order valence-electron chi connectivity index (χ2n) is 6.17. The highest BCUT2D eigenvalue weighted by Crippen LogP contribution is 2.29. The molecule has 0 bridgehead atoms. The minimum absolute atomic E-state index is 0.0657. The molecular weight excluding hydrogens is 368 g/mol. The third kappa shape index (κ3) is 3.93. The van der Waals surface area contributed by atoms with Gasteiger partial charge >= 0.3 is 6.09 Å². The molecule has 0 aliphatic carbocycles. The van der Waals surface area contributed by atoms with E-state index in [9.17, 15) is 14.4 Å². The number of anilines is 2. The average molecular weight is 386 g/mol. The molecule has 0 unspecified atom stereocenters. The summed E-state index contributed by atoms with van der Waals surface area (Å²) < 4.78 is 2.49. The molecule has 3 rings (SSSR count). The standard InChI is InChI=1S/C18H18N4O4S/c1-21(2)17(24)15-7-10-6-11(4-5-14(10)27-15)19-16(23)13-8-12(9-22(13)3)20-18(25)26/h4-9,20H,1-3H3,(H,19,23)(H,25,26). The maximum absolute atomic E-state index is 12.5. The van der Waals surface area contributed by atoms with Crippen LogP contribution in [0.4, 0.5) is 16.2 Å². The fraction of sp³-hybridized carbons (Fsp3) is 0.167. The summed E-state index contributed by atoms with van der Waals surface area (Å²) in [5.74, 6) is -0.431. The minimum Gasteiger partial charge on any atom is -0.465 e. The van der Waals surface area contributed by atoms with Gasteiger partial charge in [-0.15, -0.1) is 11.3 Å². The van der Waals surface area contributed by atoms with E-state index in [1.165, 1.54) is 33.1 Å². The molecule has 140 valence electrons. The number of fused-ring (bicyclic) bond motifs is 1. The molecule has 27 heavy (non-hydrogen) atoms. The molecule has 0 radical (unpaired) electrons. The number of carbonyl (C=O) groups excluding carboxylic acids is 2. The van der Waals surface area contributed by atoms with Crippen LogP contribution in [0.5, 0.6) is 0 Å². The maximum Gasteiger partial charge on any atom is 0.409 e. The van der Waals surface area contributed by atoms with Crippen molar-refractivity contribution in [3.8, 4) is 0 Å². The molecule has 3 aromatic rings. The summed E-state index contributed by atoms with van der Waals surface area (Å²) in [4.78, 5) is 37.5. The van der Waals surface area contributed by atoms with Crippen LogP contribution in [0.1, 0.15) is 20.2 Å². The Kier molecular flexibility index (Phi) is 4.87. The SMILES string of the molecule is CN(C)C(=O)c1cc2cc(NC(=O)c3cc(NC(=O)O)cn3C)ccc2s1. The first-order chi connectivity index (χ1) is 12.7. The van der Waals surface area contributed by atoms with Crippen LogP contribution in [-0.4, -0.2) is 46.6 Å². The van der Waals surface area contributed by atoms with E-state index < -0.39 is 6.09 Å². The lowest BCUT2D eigenvalue weighted by Crippen LogP contribution is -2.20. The van der Waals surface area contributed by atoms with Crippen molar-refractivity contribution in [2.45, 2.75) is 0 Å². The van der Waals surface area contributed by atoms with Gasteiger partial charge in [-0.2, -0.15) is 0 Å². The number of rotatable bonds is 4. The molecular formula is C18H18N4O4S. The Morgan fingerprint density at radius 3 is 2.48 bits per heavy atom. The van der Waals surface area contributed by atoms with Crippen LogP contribution >= 0.6 is 11.3 Å². The highest BCUT2D eigenvalue weighted by molar-refractivity contribution is 7.20. The van der Waals surface area contributed by atoms with Gasteiger partial charge in [0.1, 0.15) is 5.69 Å². The predicted molar refractivity (Wildman–Crippen MR) is 105 cm³/mol. The van der Waals surface area contributed by atoms with Crippen molar-refractivity contribution in [3.05, 3.63) is 47.1 Å². The summed E-state index contributed by atoms with van der Waals surface area (Å²) >= 11 is 1.40. The molecule has 0 aliphatic rings. The van der Waals surface area contributed by atoms with Crippen molar-refractivity contribution in [3.63, 3.8) is 0 Å². The maximum atomic E-state index is 12.5. The van der Waals surface area contributed by atoms with Crippen LogP contribution < -0.4 is 10.6 Å². The topological polar surface area (TPSA) is 104 Å². The van der Waals surface area contributed by atoms with Crippen LogP contribution in [-0.2, 0) is 7.05 Å². The van der Waals surface area contributed by atoms with E-state index in [0.717, 1.165) is 10.1 Å². The molecule has 3 amide bonds. The van der Waals surface area contributed by atoms with Crippen molar-refractivity contribution >= 4 is 50.7 Å². The molecule has 3 N–H and O–H groups in total. The third-order valence-corrected chi connectivity index (χ3v) is 4.98. The Bertz CT molecular complexity index is 1050. The normalized spacial score (nSPS) is 10.6. The highest BCUT2D eigenvalue weighted by atomic mass is 32.1. The number of benzene rings is 1. The summed E-state index contributed by atoms with van der Waals surface area (Å²) in [7, 11) is 5.06. The van der Waals surface area contributed by atoms with Gasteiger partial charge in [0, 0.05) is 37.7 Å². The number of carboxylic acid groups (broad SMARTS) is 1. The molecule has 0 spiro atoms. The number of hydrogen-bond donors (Lipinski definition) is 3. The van der Waals surface area contributed by atoms with Gasteiger partial charge in [-0.05, 0) is 35.7 Å². The van der Waals surface area contributed by atoms with E-state index in [1.54, 1.807) is 39.3 Å². The zero-order valence-electron chi connectivity index (χ0n) is 14.9. The number of nitrogens with one attached hydrogen (secondary N) is 2. The first-order valence-corrected chi connectivity index (χ1v) is 8.79. The van der Waals surface area contributed by atoms with Gasteiger partial charge in [-0.1, -0.05) is 0 Å². The number of nitrogens with zero attached hydrogens (tertiary/aromatic N) is 2. The van der Waals surface area contributed by atoms with Crippen molar-refractivity contribution in [1.82, 2.24) is 9.47 Å². The van der Waals surface area contributed by atoms with E-state index in [-0.39, 0.29) is 11.8 Å². The molecule has 0 aliphatic heterocycles. The van der Waals surface area contributed by atoms with Crippen LogP contribution in [0.3, 0.4) is 0 Å². The van der Waals surface area contributed by atoms with E-state index in [0.29, 0.717) is 21.9 Å². The number of thiophene rings is 1. The molecule has 8 nitrogen and oxygen atoms in total. The van der Waals surface area contributed by atoms with Gasteiger partial charge in [0.05, 0.1) is 10.6 Å². The number of aryl methyl sites for hydroxylation is 1. The summed E-state index contributed by atoms with van der Waals surface area (Å²) in [6, 6.07) is 8.68. The largest absolute Gasteiger partial charge is 0.465 e. The van der Waals surface area contributed by atoms with Crippen molar-refractivity contribution in [1.29, 1.82) is 0 Å². The van der Waals surface area contributed by atoms with Crippen LogP contribution in [0, 0.1) is 0 Å². The lowest BCUT2D eigenvalue weighted by Gasteiger charge is -2.06. The Morgan fingerprint density at radius 2 is 1.81 bits per heavy atom. The molecule has 1 aromatic carbocycles. The molecule has 9 heteroatoms. The fourth-order valence-electron chi connectivity index (χ4n) is 2.62. The van der Waals surface area contributed by atoms with Gasteiger partial charge in [0.15, 0.2) is 0 Å². The van der Waals surface area contributed by atoms with E-state index >= 15 is 0 Å². The smallest absolute Gasteiger partial charge is 0.409 e. The Hall–Kier alpha value is -3.33. The van der Waals surface area contributed by atoms with Gasteiger partial charge < -0.3 is 19.9 Å². The van der Waals surface area contributed by atoms with Crippen LogP contribution in [0.15, 0.2) is 36.5 Å². The fourth-order valence-corrected chi connectivity index (χ4v) is 3.69. The molecule has 0 atom stereocenters. The van der Waals surface area contributed by atoms with E-state index in [4.69, 9.17) is 5.11 Å². The van der Waals surface area contributed by atoms with Gasteiger partial charge in [-0.25, -0.2) is 4.79 Å². The monoisotopic (exact) mass is 386 g/mol. The van der Waals surface area contributed by atoms with Crippen molar-refractivity contribution in [2.24, 2.45) is 7.05 Å². The van der Waals surface area contributed by atoms with E-state index in [1.807, 2.05) is 6.07 Å². The van der Waals surface area contributed by atoms with Crippen LogP contribution in [0.25, 0.3) is 10.1 Å². The molecule has 0 saturated heterocycles. The van der Waals surface area contributed by atoms with Gasteiger partial charge in [-0.3, -0.25) is 14.9 Å². The minimum atomic E-state index is -1.20. The Labute approximate surface area is 159 Å². The summed E-state index contributed by atoms with van der Waals surface area (Å²) in [5.41, 5.74) is 1.21. The lowest BCUT2D eigenvalue weighted by molar-refractivity contribution is 0.0832. The Balaban J connectivity index is 1.82. The second-order valence-corrected chi connectivity index (χ2v) is 7.26. The highest BCUT2D eigenvalue weighted by Gasteiger charge is 2.15. The quantitative estimate of drug-likeness (QED) is 0.640. The summed E-state index contributed by atoms with van der Waals surface area (Å²) in [6.45, 7) is 0. The first-order valence-electron chi connectivity index (χ1n) is 7.97. The summed E-state index contributed by atoms with van der Waals surface area (Å²) in [5, 5.41) is 14.6. The number of amides is 3. The summed E-state index contributed by atoms with van der Waals surface area (Å²) in [6.07, 6.45) is 0.322. The predicted octanol–water partition coefficient (Wildman–Crippen LogP) is 3.28. The number of aromatic nitrogens is 1.